The van der Waals surface area contributed by atoms with Crippen molar-refractivity contribution < 1.29 is 9.52 Å². The smallest absolute Gasteiger partial charge is 0.259 e. The van der Waals surface area contributed by atoms with Gasteiger partial charge in [0, 0.05) is 30.3 Å². The van der Waals surface area contributed by atoms with Crippen LogP contribution in [0.1, 0.15) is 23.6 Å². The second kappa shape index (κ2) is 4.86. The summed E-state index contributed by atoms with van der Waals surface area (Å²) in [5, 5.41) is 13.1. The molecule has 1 fully saturated rings. The van der Waals surface area contributed by atoms with Crippen LogP contribution in [-0.4, -0.2) is 22.8 Å². The van der Waals surface area contributed by atoms with E-state index in [0.717, 1.165) is 37.3 Å². The average molecular weight is 286 g/mol. The van der Waals surface area contributed by atoms with Gasteiger partial charge in [-0.3, -0.25) is 4.79 Å². The standard InChI is InChI=1S/C16H18N2O3/c19-8-13-4-14-12-3-10(5-17-6-12)7-18(14)16(20)15(13)11-1-2-21-9-11/h1-2,4,9-10,12,17,19H,3,5-8H2. The summed E-state index contributed by atoms with van der Waals surface area (Å²) in [6.07, 6.45) is 4.25. The Morgan fingerprint density at radius 3 is 3.10 bits per heavy atom. The number of aromatic nitrogens is 1. The minimum absolute atomic E-state index is 0.00505. The van der Waals surface area contributed by atoms with E-state index in [1.807, 2.05) is 10.6 Å². The van der Waals surface area contributed by atoms with Crippen molar-refractivity contribution in [2.75, 3.05) is 13.1 Å². The number of nitrogens with one attached hydrogen (secondary N) is 1. The number of pyridine rings is 1. The summed E-state index contributed by atoms with van der Waals surface area (Å²) in [6, 6.07) is 3.77. The molecule has 2 N–H and O–H groups in total. The van der Waals surface area contributed by atoms with Gasteiger partial charge in [-0.15, -0.1) is 0 Å². The largest absolute Gasteiger partial charge is 0.472 e. The van der Waals surface area contributed by atoms with E-state index >= 15 is 0 Å². The van der Waals surface area contributed by atoms with E-state index in [2.05, 4.69) is 5.32 Å². The molecule has 2 aliphatic heterocycles. The summed E-state index contributed by atoms with van der Waals surface area (Å²) in [5.41, 5.74) is 3.06. The summed E-state index contributed by atoms with van der Waals surface area (Å²) < 4.78 is 7.01. The number of aliphatic hydroxyl groups excluding tert-OH is 1. The molecule has 1 saturated heterocycles. The van der Waals surface area contributed by atoms with Crippen molar-refractivity contribution in [2.24, 2.45) is 5.92 Å². The van der Waals surface area contributed by atoms with Gasteiger partial charge in [0.05, 0.1) is 24.7 Å². The predicted octanol–water partition coefficient (Wildman–Crippen LogP) is 1.31. The summed E-state index contributed by atoms with van der Waals surface area (Å²) in [7, 11) is 0. The highest BCUT2D eigenvalue weighted by Crippen LogP contribution is 2.34. The van der Waals surface area contributed by atoms with E-state index in [-0.39, 0.29) is 12.2 Å². The Hall–Kier alpha value is -1.85. The summed E-state index contributed by atoms with van der Waals surface area (Å²) in [6.45, 7) is 2.51. The van der Waals surface area contributed by atoms with Crippen LogP contribution in [0.4, 0.5) is 0 Å². The Labute approximate surface area is 122 Å². The fourth-order valence-electron chi connectivity index (χ4n) is 3.74. The first-order chi connectivity index (χ1) is 10.3. The molecule has 0 radical (unpaired) electrons. The molecule has 2 aromatic heterocycles. The lowest BCUT2D eigenvalue weighted by Crippen LogP contribution is -2.45. The molecule has 0 aliphatic carbocycles. The lowest BCUT2D eigenvalue weighted by atomic mass is 9.83. The summed E-state index contributed by atoms with van der Waals surface area (Å²) in [4.78, 5) is 12.9. The number of hydrogen-bond donors (Lipinski definition) is 2. The molecule has 4 rings (SSSR count). The molecule has 21 heavy (non-hydrogen) atoms. The van der Waals surface area contributed by atoms with Crippen LogP contribution >= 0.6 is 0 Å². The van der Waals surface area contributed by atoms with Crippen LogP contribution in [0.15, 0.2) is 33.9 Å². The van der Waals surface area contributed by atoms with Gasteiger partial charge in [0.1, 0.15) is 0 Å². The van der Waals surface area contributed by atoms with Crippen molar-refractivity contribution in [1.82, 2.24) is 9.88 Å². The van der Waals surface area contributed by atoms with E-state index in [1.165, 1.54) is 0 Å². The fraction of sp³-hybridized carbons (Fsp3) is 0.438. The first-order valence-corrected chi connectivity index (χ1v) is 7.38. The van der Waals surface area contributed by atoms with Crippen LogP contribution in [0.2, 0.25) is 0 Å². The molecular weight excluding hydrogens is 268 g/mol. The minimum atomic E-state index is -0.132. The Morgan fingerprint density at radius 2 is 2.33 bits per heavy atom. The maximum absolute atomic E-state index is 12.9. The molecule has 0 saturated carbocycles. The molecule has 2 unspecified atom stereocenters. The topological polar surface area (TPSA) is 67.4 Å². The van der Waals surface area contributed by atoms with Crippen LogP contribution in [0.3, 0.4) is 0 Å². The van der Waals surface area contributed by atoms with Gasteiger partial charge in [-0.1, -0.05) is 0 Å². The Balaban J connectivity index is 1.95. The molecular formula is C16H18N2O3. The monoisotopic (exact) mass is 286 g/mol. The van der Waals surface area contributed by atoms with Crippen LogP contribution in [0.5, 0.6) is 0 Å². The van der Waals surface area contributed by atoms with Crippen molar-refractivity contribution in [1.29, 1.82) is 0 Å². The molecule has 0 aromatic carbocycles. The van der Waals surface area contributed by atoms with E-state index in [4.69, 9.17) is 4.42 Å². The lowest BCUT2D eigenvalue weighted by molar-refractivity contribution is 0.253. The third-order valence-corrected chi connectivity index (χ3v) is 4.69. The van der Waals surface area contributed by atoms with E-state index in [9.17, 15) is 9.90 Å². The van der Waals surface area contributed by atoms with Crippen LogP contribution in [-0.2, 0) is 13.2 Å². The molecule has 2 atom stereocenters. The van der Waals surface area contributed by atoms with E-state index < -0.39 is 0 Å². The predicted molar refractivity (Wildman–Crippen MR) is 78.0 cm³/mol. The van der Waals surface area contributed by atoms with Crippen molar-refractivity contribution in [3.8, 4) is 11.1 Å². The molecule has 4 heterocycles. The van der Waals surface area contributed by atoms with E-state index in [1.54, 1.807) is 18.6 Å². The SMILES string of the molecule is O=c1c(-c2ccoc2)c(CO)cc2n1CC1CNCC2C1. The van der Waals surface area contributed by atoms with Gasteiger partial charge in [-0.05, 0) is 36.6 Å². The van der Waals surface area contributed by atoms with Crippen LogP contribution < -0.4 is 10.9 Å². The number of piperidine rings is 1. The van der Waals surface area contributed by atoms with Gasteiger partial charge in [0.2, 0.25) is 0 Å². The molecule has 0 spiro atoms. The molecule has 5 nitrogen and oxygen atoms in total. The Morgan fingerprint density at radius 1 is 1.43 bits per heavy atom. The fourth-order valence-corrected chi connectivity index (χ4v) is 3.74. The Bertz CT molecular complexity index is 718. The second-order valence-electron chi connectivity index (χ2n) is 6.01. The summed E-state index contributed by atoms with van der Waals surface area (Å²) in [5.74, 6) is 0.889. The summed E-state index contributed by atoms with van der Waals surface area (Å²) >= 11 is 0. The zero-order valence-electron chi connectivity index (χ0n) is 11.7. The number of rotatable bonds is 2. The van der Waals surface area contributed by atoms with Crippen molar-refractivity contribution in [3.05, 3.63) is 46.3 Å². The number of nitrogens with zero attached hydrogens (tertiary/aromatic N) is 1. The second-order valence-corrected chi connectivity index (χ2v) is 6.01. The molecule has 2 bridgehead atoms. The van der Waals surface area contributed by atoms with Gasteiger partial charge in [0.15, 0.2) is 0 Å². The maximum atomic E-state index is 12.9. The molecule has 0 amide bonds. The number of aliphatic hydroxyl groups is 1. The van der Waals surface area contributed by atoms with Crippen LogP contribution in [0, 0.1) is 5.92 Å². The molecule has 5 heteroatoms. The normalized spacial score (nSPS) is 23.9. The Kier molecular flexibility index (Phi) is 2.97. The van der Waals surface area contributed by atoms with Gasteiger partial charge in [0.25, 0.3) is 5.56 Å². The van der Waals surface area contributed by atoms with Gasteiger partial charge < -0.3 is 19.4 Å². The molecule has 2 aromatic rings. The van der Waals surface area contributed by atoms with E-state index in [0.29, 0.717) is 23.0 Å². The first-order valence-electron chi connectivity index (χ1n) is 7.38. The zero-order valence-corrected chi connectivity index (χ0v) is 11.7. The van der Waals surface area contributed by atoms with Crippen molar-refractivity contribution >= 4 is 0 Å². The van der Waals surface area contributed by atoms with Gasteiger partial charge in [-0.2, -0.15) is 0 Å². The molecule has 2 aliphatic rings. The third-order valence-electron chi connectivity index (χ3n) is 4.69. The number of fused-ring (bicyclic) bond motifs is 4. The maximum Gasteiger partial charge on any atom is 0.259 e. The zero-order chi connectivity index (χ0) is 14.4. The average Bonchev–Trinajstić information content (AvgIpc) is 3.02. The number of hydrogen-bond acceptors (Lipinski definition) is 4. The lowest BCUT2D eigenvalue weighted by Gasteiger charge is -2.38. The van der Waals surface area contributed by atoms with Crippen molar-refractivity contribution in [3.63, 3.8) is 0 Å². The first kappa shape index (κ1) is 12.9. The highest BCUT2D eigenvalue weighted by molar-refractivity contribution is 5.65. The third kappa shape index (κ3) is 1.96. The van der Waals surface area contributed by atoms with Gasteiger partial charge in [-0.25, -0.2) is 0 Å². The molecule has 110 valence electrons. The van der Waals surface area contributed by atoms with Crippen molar-refractivity contribution in [2.45, 2.75) is 25.5 Å². The highest BCUT2D eigenvalue weighted by atomic mass is 16.3. The van der Waals surface area contributed by atoms with Crippen LogP contribution in [0.25, 0.3) is 11.1 Å². The number of furan rings is 1. The highest BCUT2D eigenvalue weighted by Gasteiger charge is 2.32. The van der Waals surface area contributed by atoms with Gasteiger partial charge >= 0.3 is 0 Å². The minimum Gasteiger partial charge on any atom is -0.472 e. The quantitative estimate of drug-likeness (QED) is 0.873.